The molecular weight excluding hydrogens is 475 g/mol. The van der Waals surface area contributed by atoms with E-state index in [1.54, 1.807) is 6.07 Å². The third-order valence-corrected chi connectivity index (χ3v) is 6.90. The molecule has 2 saturated heterocycles. The maximum absolute atomic E-state index is 15.6. The summed E-state index contributed by atoms with van der Waals surface area (Å²) in [6.07, 6.45) is -3.17. The second-order valence-electron chi connectivity index (χ2n) is 8.38. The topological polar surface area (TPSA) is 41.6 Å². The fourth-order valence-electron chi connectivity index (χ4n) is 4.35. The molecular formula is C24H25F5N2O2S. The highest BCUT2D eigenvalue weighted by atomic mass is 32.2. The first-order valence-corrected chi connectivity index (χ1v) is 12.0. The molecule has 4 nitrogen and oxygen atoms in total. The van der Waals surface area contributed by atoms with Crippen LogP contribution in [0.1, 0.15) is 30.9 Å². The first kappa shape index (κ1) is 24.9. The number of halogens is 5. The molecule has 184 valence electrons. The number of nitrogens with zero attached hydrogens (tertiary/aromatic N) is 1. The van der Waals surface area contributed by atoms with E-state index in [1.807, 2.05) is 6.92 Å². The van der Waals surface area contributed by atoms with Crippen LogP contribution in [0.5, 0.6) is 0 Å². The maximum atomic E-state index is 15.6. The van der Waals surface area contributed by atoms with E-state index in [4.69, 9.17) is 4.74 Å². The number of ether oxygens (including phenoxy) is 1. The largest absolute Gasteiger partial charge is 0.368 e. The van der Waals surface area contributed by atoms with Crippen molar-refractivity contribution in [2.45, 2.75) is 50.3 Å². The van der Waals surface area contributed by atoms with Crippen molar-refractivity contribution in [2.24, 2.45) is 0 Å². The first-order valence-electron chi connectivity index (χ1n) is 11.1. The molecule has 0 saturated carbocycles. The van der Waals surface area contributed by atoms with Gasteiger partial charge in [0.05, 0.1) is 19.2 Å². The number of nitrogens with one attached hydrogen (secondary N) is 1. The van der Waals surface area contributed by atoms with Crippen LogP contribution < -0.4 is 4.72 Å². The molecule has 2 fully saturated rings. The van der Waals surface area contributed by atoms with Gasteiger partial charge >= 0.3 is 0 Å². The molecule has 1 unspecified atom stereocenters. The first-order chi connectivity index (χ1) is 16.2. The van der Waals surface area contributed by atoms with Crippen LogP contribution >= 0.6 is 11.9 Å². The van der Waals surface area contributed by atoms with E-state index in [1.165, 1.54) is 36.4 Å². The van der Waals surface area contributed by atoms with Gasteiger partial charge in [-0.3, -0.25) is 9.52 Å². The summed E-state index contributed by atoms with van der Waals surface area (Å²) in [4.78, 5) is 14.0. The molecule has 3 atom stereocenters. The van der Waals surface area contributed by atoms with Crippen molar-refractivity contribution in [1.82, 2.24) is 9.62 Å². The summed E-state index contributed by atoms with van der Waals surface area (Å²) in [6.45, 7) is 1.42. The Morgan fingerprint density at radius 2 is 2.00 bits per heavy atom. The molecule has 0 radical (unpaired) electrons. The van der Waals surface area contributed by atoms with Crippen LogP contribution in [0.4, 0.5) is 22.0 Å². The lowest BCUT2D eigenvalue weighted by Gasteiger charge is -2.34. The average molecular weight is 501 g/mol. The summed E-state index contributed by atoms with van der Waals surface area (Å²) in [5, 5.41) is 0. The van der Waals surface area contributed by atoms with Gasteiger partial charge in [0.2, 0.25) is 0 Å². The van der Waals surface area contributed by atoms with Crippen LogP contribution in [0, 0.1) is 5.82 Å². The van der Waals surface area contributed by atoms with Gasteiger partial charge in [-0.25, -0.2) is 22.0 Å². The van der Waals surface area contributed by atoms with E-state index in [2.05, 4.69) is 4.72 Å². The van der Waals surface area contributed by atoms with Crippen molar-refractivity contribution in [3.63, 3.8) is 0 Å². The number of alkyl halides is 4. The molecule has 2 aliphatic rings. The molecule has 1 amide bonds. The van der Waals surface area contributed by atoms with Gasteiger partial charge in [-0.2, -0.15) is 0 Å². The van der Waals surface area contributed by atoms with E-state index < -0.39 is 48.8 Å². The highest BCUT2D eigenvalue weighted by Crippen LogP contribution is 2.38. The number of hydrogen-bond donors (Lipinski definition) is 1. The minimum atomic E-state index is -3.22. The van der Waals surface area contributed by atoms with Gasteiger partial charge in [0, 0.05) is 23.3 Å². The normalized spacial score (nSPS) is 23.9. The lowest BCUT2D eigenvalue weighted by Crippen LogP contribution is -2.51. The standard InChI is InChI=1S/C24H25F5N2O2S/c1-2-34-30-21-18(31(13-24(21,28)29)23(32)19-9-10-33-19)12-15-6-4-8-17(20(15)25)14-5-3-7-16(11-14)22(26)27/h3-8,11,18-19,21-22,30H,2,9-10,12-13H2,1H3/t18-,19?,21+/m0/s1. The van der Waals surface area contributed by atoms with Gasteiger partial charge in [0.25, 0.3) is 18.3 Å². The number of likely N-dealkylation sites (tertiary alicyclic amines) is 1. The Balaban J connectivity index is 1.67. The van der Waals surface area contributed by atoms with E-state index >= 15 is 4.39 Å². The summed E-state index contributed by atoms with van der Waals surface area (Å²) in [5.41, 5.74) is 0.248. The summed E-state index contributed by atoms with van der Waals surface area (Å²) >= 11 is 1.11. The Morgan fingerprint density at radius 1 is 1.26 bits per heavy atom. The van der Waals surface area contributed by atoms with Gasteiger partial charge in [0.1, 0.15) is 18.0 Å². The van der Waals surface area contributed by atoms with Crippen molar-refractivity contribution in [3.05, 3.63) is 59.4 Å². The van der Waals surface area contributed by atoms with Crippen molar-refractivity contribution < 1.29 is 31.5 Å². The quantitative estimate of drug-likeness (QED) is 0.398. The Labute approximate surface area is 199 Å². The average Bonchev–Trinajstić information content (AvgIpc) is 3.02. The Morgan fingerprint density at radius 3 is 2.65 bits per heavy atom. The van der Waals surface area contributed by atoms with Crippen molar-refractivity contribution in [1.29, 1.82) is 0 Å². The summed E-state index contributed by atoms with van der Waals surface area (Å²) in [6, 6.07) is 7.49. The fourth-order valence-corrected chi connectivity index (χ4v) is 5.03. The number of carbonyl (C=O) groups excluding carboxylic acids is 1. The summed E-state index contributed by atoms with van der Waals surface area (Å²) in [5.74, 6) is -3.89. The summed E-state index contributed by atoms with van der Waals surface area (Å²) < 4.78 is 79.7. The monoisotopic (exact) mass is 500 g/mol. The van der Waals surface area contributed by atoms with Crippen LogP contribution in [0.2, 0.25) is 0 Å². The molecule has 2 heterocycles. The third-order valence-electron chi connectivity index (χ3n) is 6.19. The molecule has 2 aliphatic heterocycles. The van der Waals surface area contributed by atoms with E-state index in [9.17, 15) is 22.4 Å². The molecule has 0 aliphatic carbocycles. The SMILES string of the molecule is CCSN[C@@H]1[C@H](Cc2cccc(-c3cccc(C(F)F)c3)c2F)N(C(=O)C2CCO2)CC1(F)F. The van der Waals surface area contributed by atoms with Crippen molar-refractivity contribution in [2.75, 3.05) is 18.9 Å². The van der Waals surface area contributed by atoms with E-state index in [0.29, 0.717) is 18.8 Å². The predicted molar refractivity (Wildman–Crippen MR) is 120 cm³/mol. The van der Waals surface area contributed by atoms with Gasteiger partial charge in [-0.15, -0.1) is 0 Å². The zero-order chi connectivity index (χ0) is 24.5. The predicted octanol–water partition coefficient (Wildman–Crippen LogP) is 5.23. The van der Waals surface area contributed by atoms with E-state index in [-0.39, 0.29) is 28.7 Å². The van der Waals surface area contributed by atoms with Gasteiger partial charge in [-0.1, -0.05) is 55.3 Å². The van der Waals surface area contributed by atoms with Gasteiger partial charge in [-0.05, 0) is 23.6 Å². The minimum absolute atomic E-state index is 0.0948. The maximum Gasteiger partial charge on any atom is 0.283 e. The summed E-state index contributed by atoms with van der Waals surface area (Å²) in [7, 11) is 0. The van der Waals surface area contributed by atoms with Gasteiger partial charge < -0.3 is 9.64 Å². The Bertz CT molecular complexity index is 1030. The van der Waals surface area contributed by atoms with Crippen LogP contribution in [-0.4, -0.2) is 53.8 Å². The number of carbonyl (C=O) groups is 1. The van der Waals surface area contributed by atoms with Crippen molar-refractivity contribution in [3.8, 4) is 11.1 Å². The molecule has 10 heteroatoms. The van der Waals surface area contributed by atoms with E-state index in [0.717, 1.165) is 16.8 Å². The number of hydrogen-bond acceptors (Lipinski definition) is 4. The highest BCUT2D eigenvalue weighted by molar-refractivity contribution is 7.97. The van der Waals surface area contributed by atoms with Crippen molar-refractivity contribution >= 4 is 17.9 Å². The molecule has 4 rings (SSSR count). The zero-order valence-electron chi connectivity index (χ0n) is 18.4. The van der Waals surface area contributed by atoms with Crippen LogP contribution in [0.3, 0.4) is 0 Å². The second kappa shape index (κ2) is 10.2. The van der Waals surface area contributed by atoms with Crippen LogP contribution in [0.25, 0.3) is 11.1 Å². The third kappa shape index (κ3) is 4.94. The lowest BCUT2D eigenvalue weighted by atomic mass is 9.94. The fraction of sp³-hybridized carbons (Fsp3) is 0.458. The molecule has 2 aromatic carbocycles. The minimum Gasteiger partial charge on any atom is -0.368 e. The number of amides is 1. The molecule has 1 N–H and O–H groups in total. The number of rotatable bonds is 8. The smallest absolute Gasteiger partial charge is 0.283 e. The highest BCUT2D eigenvalue weighted by Gasteiger charge is 2.57. The second-order valence-corrected chi connectivity index (χ2v) is 9.48. The van der Waals surface area contributed by atoms with Crippen LogP contribution in [-0.2, 0) is 16.0 Å². The number of benzene rings is 2. The molecule has 0 spiro atoms. The molecule has 0 bridgehead atoms. The lowest BCUT2D eigenvalue weighted by molar-refractivity contribution is -0.158. The van der Waals surface area contributed by atoms with Gasteiger partial charge in [0.15, 0.2) is 0 Å². The Kier molecular flexibility index (Phi) is 7.49. The molecule has 34 heavy (non-hydrogen) atoms. The van der Waals surface area contributed by atoms with Crippen LogP contribution in [0.15, 0.2) is 42.5 Å². The molecule has 0 aromatic heterocycles. The molecule has 2 aromatic rings. The Hall–Kier alpha value is -2.17. The zero-order valence-corrected chi connectivity index (χ0v) is 19.3.